The van der Waals surface area contributed by atoms with Gasteiger partial charge in [-0.2, -0.15) is 0 Å². The van der Waals surface area contributed by atoms with E-state index in [-0.39, 0.29) is 0 Å². The zero-order valence-corrected chi connectivity index (χ0v) is 12.8. The fraction of sp³-hybridized carbons (Fsp3) is 0.647. The van der Waals surface area contributed by atoms with E-state index in [1.165, 1.54) is 31.4 Å². The third kappa shape index (κ3) is 3.74. The number of rotatable bonds is 8. The SMILES string of the molecule is CCOc1cccc(C(CN)N(CC)CC2CCC2)c1. The van der Waals surface area contributed by atoms with E-state index in [1.54, 1.807) is 0 Å². The van der Waals surface area contributed by atoms with Gasteiger partial charge in [0.15, 0.2) is 0 Å². The van der Waals surface area contributed by atoms with Gasteiger partial charge < -0.3 is 10.5 Å². The van der Waals surface area contributed by atoms with Crippen molar-refractivity contribution in [2.24, 2.45) is 11.7 Å². The van der Waals surface area contributed by atoms with E-state index in [2.05, 4.69) is 30.0 Å². The number of benzene rings is 1. The first-order valence-electron chi connectivity index (χ1n) is 7.95. The van der Waals surface area contributed by atoms with Gasteiger partial charge in [0, 0.05) is 19.1 Å². The fourth-order valence-electron chi connectivity index (χ4n) is 2.96. The highest BCUT2D eigenvalue weighted by molar-refractivity contribution is 5.31. The smallest absolute Gasteiger partial charge is 0.119 e. The molecule has 1 atom stereocenters. The summed E-state index contributed by atoms with van der Waals surface area (Å²) in [7, 11) is 0. The van der Waals surface area contributed by atoms with E-state index in [0.717, 1.165) is 18.2 Å². The predicted molar refractivity (Wildman–Crippen MR) is 84.0 cm³/mol. The summed E-state index contributed by atoms with van der Waals surface area (Å²) in [4.78, 5) is 2.52. The standard InChI is InChI=1S/C17H28N2O/c1-3-19(13-14-7-5-8-14)17(12-18)15-9-6-10-16(11-15)20-4-2/h6,9-11,14,17H,3-5,7-8,12-13,18H2,1-2H3. The second-order valence-corrected chi connectivity index (χ2v) is 5.64. The summed E-state index contributed by atoms with van der Waals surface area (Å²) in [6.07, 6.45) is 4.16. The Balaban J connectivity index is 2.09. The quantitative estimate of drug-likeness (QED) is 0.792. The summed E-state index contributed by atoms with van der Waals surface area (Å²) in [5, 5.41) is 0. The molecule has 0 aromatic heterocycles. The van der Waals surface area contributed by atoms with Crippen LogP contribution >= 0.6 is 0 Å². The molecule has 0 amide bonds. The molecule has 0 heterocycles. The maximum Gasteiger partial charge on any atom is 0.119 e. The van der Waals surface area contributed by atoms with Crippen LogP contribution in [0.5, 0.6) is 5.75 Å². The molecule has 3 nitrogen and oxygen atoms in total. The molecular weight excluding hydrogens is 248 g/mol. The van der Waals surface area contributed by atoms with Crippen LogP contribution in [0.15, 0.2) is 24.3 Å². The van der Waals surface area contributed by atoms with E-state index in [9.17, 15) is 0 Å². The second-order valence-electron chi connectivity index (χ2n) is 5.64. The van der Waals surface area contributed by atoms with Gasteiger partial charge in [0.2, 0.25) is 0 Å². The zero-order valence-electron chi connectivity index (χ0n) is 12.8. The highest BCUT2D eigenvalue weighted by atomic mass is 16.5. The van der Waals surface area contributed by atoms with E-state index >= 15 is 0 Å². The molecule has 1 aliphatic rings. The van der Waals surface area contributed by atoms with Gasteiger partial charge in [0.25, 0.3) is 0 Å². The maximum absolute atomic E-state index is 6.06. The van der Waals surface area contributed by atoms with Crippen LogP contribution in [-0.4, -0.2) is 31.1 Å². The van der Waals surface area contributed by atoms with Crippen LogP contribution in [0.1, 0.15) is 44.7 Å². The van der Waals surface area contributed by atoms with Crippen molar-refractivity contribution < 1.29 is 4.74 Å². The number of ether oxygens (including phenoxy) is 1. The molecule has 0 bridgehead atoms. The summed E-state index contributed by atoms with van der Waals surface area (Å²) in [6.45, 7) is 7.84. The Bertz CT molecular complexity index is 404. The molecule has 2 rings (SSSR count). The zero-order chi connectivity index (χ0) is 14.4. The van der Waals surface area contributed by atoms with Gasteiger partial charge in [-0.15, -0.1) is 0 Å². The van der Waals surface area contributed by atoms with Crippen molar-refractivity contribution in [1.82, 2.24) is 4.90 Å². The van der Waals surface area contributed by atoms with E-state index in [0.29, 0.717) is 19.2 Å². The summed E-state index contributed by atoms with van der Waals surface area (Å²) in [5.41, 5.74) is 7.34. The van der Waals surface area contributed by atoms with Gasteiger partial charge in [-0.25, -0.2) is 0 Å². The molecule has 2 N–H and O–H groups in total. The molecule has 1 saturated carbocycles. The van der Waals surface area contributed by atoms with Crippen molar-refractivity contribution in [3.8, 4) is 5.75 Å². The Hall–Kier alpha value is -1.06. The van der Waals surface area contributed by atoms with Crippen molar-refractivity contribution in [3.63, 3.8) is 0 Å². The van der Waals surface area contributed by atoms with E-state index in [1.807, 2.05) is 13.0 Å². The van der Waals surface area contributed by atoms with Crippen LogP contribution in [0.3, 0.4) is 0 Å². The molecule has 0 radical (unpaired) electrons. The van der Waals surface area contributed by atoms with Crippen LogP contribution in [0, 0.1) is 5.92 Å². The average molecular weight is 276 g/mol. The van der Waals surface area contributed by atoms with Crippen LogP contribution in [-0.2, 0) is 0 Å². The molecule has 1 aromatic carbocycles. The Labute approximate surface area is 123 Å². The first kappa shape index (κ1) is 15.3. The van der Waals surface area contributed by atoms with Gasteiger partial charge in [-0.3, -0.25) is 4.90 Å². The summed E-state index contributed by atoms with van der Waals surface area (Å²) >= 11 is 0. The lowest BCUT2D eigenvalue weighted by Gasteiger charge is -2.36. The lowest BCUT2D eigenvalue weighted by atomic mass is 9.84. The van der Waals surface area contributed by atoms with Crippen LogP contribution in [0.25, 0.3) is 0 Å². The minimum atomic E-state index is 0.306. The third-order valence-electron chi connectivity index (χ3n) is 4.34. The highest BCUT2D eigenvalue weighted by Crippen LogP contribution is 2.31. The van der Waals surface area contributed by atoms with Crippen molar-refractivity contribution >= 4 is 0 Å². The van der Waals surface area contributed by atoms with E-state index in [4.69, 9.17) is 10.5 Å². The lowest BCUT2D eigenvalue weighted by Crippen LogP contribution is -2.38. The van der Waals surface area contributed by atoms with Crippen LogP contribution in [0.4, 0.5) is 0 Å². The minimum absolute atomic E-state index is 0.306. The van der Waals surface area contributed by atoms with Gasteiger partial charge in [-0.05, 0) is 49.9 Å². The van der Waals surface area contributed by atoms with Crippen LogP contribution in [0.2, 0.25) is 0 Å². The Morgan fingerprint density at radius 3 is 2.70 bits per heavy atom. The molecule has 112 valence electrons. The van der Waals surface area contributed by atoms with Gasteiger partial charge in [0.1, 0.15) is 5.75 Å². The van der Waals surface area contributed by atoms with E-state index < -0.39 is 0 Å². The monoisotopic (exact) mass is 276 g/mol. The van der Waals surface area contributed by atoms with Crippen LogP contribution < -0.4 is 10.5 Å². The number of hydrogen-bond donors (Lipinski definition) is 1. The minimum Gasteiger partial charge on any atom is -0.494 e. The largest absolute Gasteiger partial charge is 0.494 e. The number of nitrogens with two attached hydrogens (primary N) is 1. The summed E-state index contributed by atoms with van der Waals surface area (Å²) in [6, 6.07) is 8.71. The van der Waals surface area contributed by atoms with Crippen molar-refractivity contribution in [2.75, 3.05) is 26.2 Å². The third-order valence-corrected chi connectivity index (χ3v) is 4.34. The maximum atomic E-state index is 6.06. The van der Waals surface area contributed by atoms with Gasteiger partial charge in [0.05, 0.1) is 6.61 Å². The van der Waals surface area contributed by atoms with Crippen molar-refractivity contribution in [3.05, 3.63) is 29.8 Å². The topological polar surface area (TPSA) is 38.5 Å². The highest BCUT2D eigenvalue weighted by Gasteiger charge is 2.25. The van der Waals surface area contributed by atoms with Gasteiger partial charge >= 0.3 is 0 Å². The molecule has 1 unspecified atom stereocenters. The molecular formula is C17H28N2O. The number of hydrogen-bond acceptors (Lipinski definition) is 3. The molecule has 20 heavy (non-hydrogen) atoms. The summed E-state index contributed by atoms with van der Waals surface area (Å²) < 4.78 is 5.61. The van der Waals surface area contributed by atoms with Gasteiger partial charge in [-0.1, -0.05) is 25.5 Å². The van der Waals surface area contributed by atoms with Crippen molar-refractivity contribution in [2.45, 2.75) is 39.2 Å². The molecule has 0 spiro atoms. The predicted octanol–water partition coefficient (Wildman–Crippen LogP) is 3.21. The lowest BCUT2D eigenvalue weighted by molar-refractivity contribution is 0.141. The fourth-order valence-corrected chi connectivity index (χ4v) is 2.96. The first-order chi connectivity index (χ1) is 9.78. The number of likely N-dealkylation sites (N-methyl/N-ethyl adjacent to an activating group) is 1. The molecule has 1 fully saturated rings. The Kier molecular flexibility index (Phi) is 5.86. The number of nitrogens with zero attached hydrogens (tertiary/aromatic N) is 1. The first-order valence-corrected chi connectivity index (χ1v) is 7.95. The summed E-state index contributed by atoms with van der Waals surface area (Å²) in [5.74, 6) is 1.82. The van der Waals surface area contributed by atoms with Crippen molar-refractivity contribution in [1.29, 1.82) is 0 Å². The molecule has 0 aliphatic heterocycles. The molecule has 3 heteroatoms. The average Bonchev–Trinajstić information content (AvgIpc) is 2.42. The normalized spacial score (nSPS) is 17.0. The Morgan fingerprint density at radius 1 is 1.35 bits per heavy atom. The second kappa shape index (κ2) is 7.65. The molecule has 1 aliphatic carbocycles. The molecule has 0 saturated heterocycles. The molecule has 1 aromatic rings. The Morgan fingerprint density at radius 2 is 2.15 bits per heavy atom.